The standard InChI is InChI=1S/C29H33N5O6S2/c1-39-20-9-5-7-18(13-20)22(16-35)24(37)15-27-33-31-25(41-27)11-3-4-12-26-32-34-29(42-26)30-28(38)23(17-36)19-8-6-10-21(14-19)40-2/h5-10,13-14,22-23,35-36H,3-4,11-12,15-17H2,1-2H3,(H,30,34,38). The quantitative estimate of drug-likeness (QED) is 0.160. The molecule has 4 aromatic rings. The van der Waals surface area contributed by atoms with Gasteiger partial charge in [0.15, 0.2) is 0 Å². The molecular formula is C29H33N5O6S2. The van der Waals surface area contributed by atoms with Crippen LogP contribution in [0.3, 0.4) is 0 Å². The minimum Gasteiger partial charge on any atom is -0.497 e. The van der Waals surface area contributed by atoms with Crippen LogP contribution in [0, 0.1) is 0 Å². The van der Waals surface area contributed by atoms with Crippen LogP contribution in [0.25, 0.3) is 0 Å². The zero-order valence-electron chi connectivity index (χ0n) is 23.4. The van der Waals surface area contributed by atoms with Crippen LogP contribution in [0.1, 0.15) is 50.8 Å². The Bertz CT molecular complexity index is 1370. The van der Waals surface area contributed by atoms with Gasteiger partial charge in [0.1, 0.15) is 32.3 Å². The third-order valence-electron chi connectivity index (χ3n) is 6.63. The number of amides is 1. The fourth-order valence-corrected chi connectivity index (χ4v) is 6.01. The first-order valence-electron chi connectivity index (χ1n) is 13.4. The topological polar surface area (TPSA) is 157 Å². The Morgan fingerprint density at radius 1 is 0.786 bits per heavy atom. The van der Waals surface area contributed by atoms with Crippen LogP contribution in [0.2, 0.25) is 0 Å². The molecule has 2 atom stereocenters. The minimum absolute atomic E-state index is 0.105. The first kappa shape index (κ1) is 31.2. The van der Waals surface area contributed by atoms with Gasteiger partial charge in [-0.1, -0.05) is 35.6 Å². The van der Waals surface area contributed by atoms with Crippen LogP contribution in [0.4, 0.5) is 5.13 Å². The molecule has 222 valence electrons. The molecule has 0 aliphatic heterocycles. The van der Waals surface area contributed by atoms with Crippen LogP contribution in [-0.2, 0) is 28.9 Å². The maximum absolute atomic E-state index is 12.9. The molecule has 11 nitrogen and oxygen atoms in total. The second-order valence-corrected chi connectivity index (χ2v) is 11.7. The SMILES string of the molecule is COc1cccc(C(CO)C(=O)Cc2nnc(CCCCc3nnc(NC(=O)C(CO)c4cccc(OC)c4)s3)s2)c1. The van der Waals surface area contributed by atoms with E-state index in [9.17, 15) is 19.8 Å². The number of benzene rings is 2. The van der Waals surface area contributed by atoms with Crippen molar-refractivity contribution in [3.8, 4) is 11.5 Å². The second-order valence-electron chi connectivity index (χ2n) is 9.45. The molecule has 0 saturated heterocycles. The van der Waals surface area contributed by atoms with Crippen molar-refractivity contribution in [2.75, 3.05) is 32.8 Å². The van der Waals surface area contributed by atoms with Crippen LogP contribution >= 0.6 is 22.7 Å². The number of carbonyl (C=O) groups excluding carboxylic acids is 2. The number of unbranched alkanes of at least 4 members (excludes halogenated alkanes) is 1. The molecule has 1 amide bonds. The van der Waals surface area contributed by atoms with Gasteiger partial charge in [0.05, 0.1) is 45.7 Å². The van der Waals surface area contributed by atoms with Gasteiger partial charge in [-0.25, -0.2) is 0 Å². The molecule has 3 N–H and O–H groups in total. The molecule has 0 aliphatic carbocycles. The lowest BCUT2D eigenvalue weighted by molar-refractivity contribution is -0.121. The molecule has 13 heteroatoms. The van der Waals surface area contributed by atoms with E-state index in [-0.39, 0.29) is 31.3 Å². The van der Waals surface area contributed by atoms with Crippen LogP contribution in [0.5, 0.6) is 11.5 Å². The van der Waals surface area contributed by atoms with Gasteiger partial charge in [-0.3, -0.25) is 14.9 Å². The van der Waals surface area contributed by atoms with Gasteiger partial charge in [-0.05, 0) is 48.2 Å². The highest BCUT2D eigenvalue weighted by Crippen LogP contribution is 2.26. The summed E-state index contributed by atoms with van der Waals surface area (Å²) >= 11 is 2.71. The average molecular weight is 612 g/mol. The number of nitrogens with zero attached hydrogens (tertiary/aromatic N) is 4. The smallest absolute Gasteiger partial charge is 0.236 e. The molecule has 2 aromatic heterocycles. The Labute approximate surface area is 251 Å². The number of anilines is 1. The lowest BCUT2D eigenvalue weighted by Crippen LogP contribution is -2.23. The van der Waals surface area contributed by atoms with Gasteiger partial charge in [-0.2, -0.15) is 0 Å². The number of carbonyl (C=O) groups is 2. The number of nitrogens with one attached hydrogen (secondary N) is 1. The van der Waals surface area contributed by atoms with Crippen molar-refractivity contribution in [1.29, 1.82) is 0 Å². The molecule has 0 radical (unpaired) electrons. The molecule has 0 saturated carbocycles. The molecule has 2 heterocycles. The maximum Gasteiger partial charge on any atom is 0.236 e. The molecule has 4 rings (SSSR count). The second kappa shape index (κ2) is 15.4. The number of aliphatic hydroxyl groups excluding tert-OH is 2. The largest absolute Gasteiger partial charge is 0.497 e. The molecule has 0 fully saturated rings. The summed E-state index contributed by atoms with van der Waals surface area (Å²) in [6.45, 7) is -0.643. The number of ketones is 1. The third-order valence-corrected chi connectivity index (χ3v) is 8.51. The Balaban J connectivity index is 1.22. The minimum atomic E-state index is -0.754. The van der Waals surface area contributed by atoms with Crippen molar-refractivity contribution in [2.24, 2.45) is 0 Å². The van der Waals surface area contributed by atoms with E-state index in [0.29, 0.717) is 45.6 Å². The van der Waals surface area contributed by atoms with E-state index in [1.165, 1.54) is 22.7 Å². The van der Waals surface area contributed by atoms with E-state index >= 15 is 0 Å². The van der Waals surface area contributed by atoms with Crippen LogP contribution < -0.4 is 14.8 Å². The first-order chi connectivity index (χ1) is 20.4. The van der Waals surface area contributed by atoms with E-state index in [2.05, 4.69) is 25.7 Å². The molecule has 2 unspecified atom stereocenters. The first-order valence-corrected chi connectivity index (χ1v) is 15.0. The molecule has 0 spiro atoms. The van der Waals surface area contributed by atoms with E-state index in [1.54, 1.807) is 62.8 Å². The van der Waals surface area contributed by atoms with Crippen molar-refractivity contribution >= 4 is 39.5 Å². The predicted octanol–water partition coefficient (Wildman–Crippen LogP) is 3.57. The average Bonchev–Trinajstić information content (AvgIpc) is 3.65. The molecular weight excluding hydrogens is 578 g/mol. The fraction of sp³-hybridized carbons (Fsp3) is 0.379. The Hall–Kier alpha value is -3.78. The molecule has 42 heavy (non-hydrogen) atoms. The van der Waals surface area contributed by atoms with Crippen molar-refractivity contribution in [3.05, 3.63) is 74.7 Å². The number of aliphatic hydroxyl groups is 2. The summed E-state index contributed by atoms with van der Waals surface area (Å²) < 4.78 is 10.4. The lowest BCUT2D eigenvalue weighted by atomic mass is 9.94. The molecule has 0 bridgehead atoms. The summed E-state index contributed by atoms with van der Waals surface area (Å²) in [5.41, 5.74) is 1.35. The third kappa shape index (κ3) is 8.38. The Morgan fingerprint density at radius 3 is 1.93 bits per heavy atom. The number of methoxy groups -OCH3 is 2. The highest BCUT2D eigenvalue weighted by molar-refractivity contribution is 7.15. The number of aryl methyl sites for hydroxylation is 2. The van der Waals surface area contributed by atoms with Gasteiger partial charge >= 0.3 is 0 Å². The van der Waals surface area contributed by atoms with Crippen LogP contribution in [0.15, 0.2) is 48.5 Å². The summed E-state index contributed by atoms with van der Waals surface area (Å²) in [4.78, 5) is 25.6. The van der Waals surface area contributed by atoms with Gasteiger partial charge in [0.2, 0.25) is 11.0 Å². The highest BCUT2D eigenvalue weighted by Gasteiger charge is 2.23. The number of ether oxygens (including phenoxy) is 2. The van der Waals surface area contributed by atoms with Gasteiger partial charge in [-0.15, -0.1) is 31.7 Å². The summed E-state index contributed by atoms with van der Waals surface area (Å²) in [5, 5.41) is 41.7. The van der Waals surface area contributed by atoms with Crippen molar-refractivity contribution in [3.63, 3.8) is 0 Å². The number of Topliss-reactive ketones (excluding diaryl/α,β-unsaturated/α-hetero) is 1. The Morgan fingerprint density at radius 2 is 1.33 bits per heavy atom. The number of aromatic nitrogens is 4. The zero-order chi connectivity index (χ0) is 29.9. The van der Waals surface area contributed by atoms with E-state index < -0.39 is 11.8 Å². The highest BCUT2D eigenvalue weighted by atomic mass is 32.1. The van der Waals surface area contributed by atoms with E-state index in [0.717, 1.165) is 22.9 Å². The summed E-state index contributed by atoms with van der Waals surface area (Å²) in [6.07, 6.45) is 3.19. The molecule has 2 aromatic carbocycles. The van der Waals surface area contributed by atoms with Gasteiger partial charge in [0.25, 0.3) is 0 Å². The van der Waals surface area contributed by atoms with Crippen molar-refractivity contribution < 1.29 is 29.3 Å². The number of hydrogen-bond donors (Lipinski definition) is 3. The predicted molar refractivity (Wildman–Crippen MR) is 159 cm³/mol. The molecule has 0 aliphatic rings. The van der Waals surface area contributed by atoms with Crippen molar-refractivity contribution in [2.45, 2.75) is 43.9 Å². The monoisotopic (exact) mass is 611 g/mol. The lowest BCUT2D eigenvalue weighted by Gasteiger charge is -2.14. The van der Waals surface area contributed by atoms with E-state index in [1.807, 2.05) is 0 Å². The summed E-state index contributed by atoms with van der Waals surface area (Å²) in [6, 6.07) is 14.2. The maximum atomic E-state index is 12.9. The number of hydrogen-bond acceptors (Lipinski definition) is 12. The summed E-state index contributed by atoms with van der Waals surface area (Å²) in [7, 11) is 3.10. The van der Waals surface area contributed by atoms with Crippen molar-refractivity contribution in [1.82, 2.24) is 20.4 Å². The fourth-order valence-electron chi connectivity index (χ4n) is 4.33. The van der Waals surface area contributed by atoms with Gasteiger partial charge in [0, 0.05) is 12.8 Å². The number of rotatable bonds is 16. The summed E-state index contributed by atoms with van der Waals surface area (Å²) in [5.74, 6) is -0.656. The van der Waals surface area contributed by atoms with Gasteiger partial charge < -0.3 is 19.7 Å². The zero-order valence-corrected chi connectivity index (χ0v) is 25.0. The van der Waals surface area contributed by atoms with E-state index in [4.69, 9.17) is 9.47 Å². The van der Waals surface area contributed by atoms with Crippen LogP contribution in [-0.4, -0.2) is 69.7 Å². The normalized spacial score (nSPS) is 12.5. The Kier molecular flexibility index (Phi) is 11.5.